The van der Waals surface area contributed by atoms with Crippen LogP contribution in [0.3, 0.4) is 0 Å². The number of hydrogen-bond acceptors (Lipinski definition) is 4. The zero-order valence-electron chi connectivity index (χ0n) is 13.0. The number of nitrogens with one attached hydrogen (secondary N) is 1. The van der Waals surface area contributed by atoms with Gasteiger partial charge >= 0.3 is 0 Å². The smallest absolute Gasteiger partial charge is 0.246 e. The van der Waals surface area contributed by atoms with Crippen molar-refractivity contribution < 1.29 is 8.42 Å². The highest BCUT2D eigenvalue weighted by molar-refractivity contribution is 7.89. The first-order valence-electron chi connectivity index (χ1n) is 7.80. The van der Waals surface area contributed by atoms with Crippen molar-refractivity contribution in [2.45, 2.75) is 57.0 Å². The second kappa shape index (κ2) is 7.38. The minimum atomic E-state index is -3.37. The van der Waals surface area contributed by atoms with Crippen molar-refractivity contribution >= 4 is 10.0 Å². The van der Waals surface area contributed by atoms with Crippen LogP contribution in [0.2, 0.25) is 0 Å². The Morgan fingerprint density at radius 2 is 2.24 bits per heavy atom. The lowest BCUT2D eigenvalue weighted by Crippen LogP contribution is -2.33. The Morgan fingerprint density at radius 3 is 2.90 bits per heavy atom. The second-order valence-electron chi connectivity index (χ2n) is 5.65. The summed E-state index contributed by atoms with van der Waals surface area (Å²) in [5.74, 6) is 0. The summed E-state index contributed by atoms with van der Waals surface area (Å²) >= 11 is 0. The van der Waals surface area contributed by atoms with Crippen molar-refractivity contribution in [2.24, 2.45) is 0 Å². The molecule has 1 saturated heterocycles. The van der Waals surface area contributed by atoms with E-state index in [1.54, 1.807) is 15.2 Å². The maximum absolute atomic E-state index is 12.5. The molecule has 7 heteroatoms. The van der Waals surface area contributed by atoms with Crippen LogP contribution in [0.15, 0.2) is 17.3 Å². The summed E-state index contributed by atoms with van der Waals surface area (Å²) < 4.78 is 28.4. The van der Waals surface area contributed by atoms with Gasteiger partial charge in [0.05, 0.1) is 6.20 Å². The van der Waals surface area contributed by atoms with Gasteiger partial charge in [0.25, 0.3) is 0 Å². The summed E-state index contributed by atoms with van der Waals surface area (Å²) in [4.78, 5) is 0.317. The van der Waals surface area contributed by atoms with Crippen molar-refractivity contribution in [1.82, 2.24) is 19.4 Å². The van der Waals surface area contributed by atoms with E-state index in [-0.39, 0.29) is 6.04 Å². The van der Waals surface area contributed by atoms with Gasteiger partial charge in [-0.1, -0.05) is 6.92 Å². The standard InChI is InChI=1S/C14H26N4O2S/c1-3-7-15-8-5-9-17-12-14(11-16-17)21(19,20)18-10-4-6-13(18)2/h11-13,15H,3-10H2,1-2H3. The third-order valence-electron chi connectivity index (χ3n) is 3.88. The van der Waals surface area contributed by atoms with Crippen LogP contribution in [-0.2, 0) is 16.6 Å². The van der Waals surface area contributed by atoms with Crippen LogP contribution < -0.4 is 5.32 Å². The highest BCUT2D eigenvalue weighted by Crippen LogP contribution is 2.25. The van der Waals surface area contributed by atoms with E-state index in [0.717, 1.165) is 45.3 Å². The summed E-state index contributed by atoms with van der Waals surface area (Å²) in [5, 5.41) is 7.51. The molecule has 1 aliphatic rings. The lowest BCUT2D eigenvalue weighted by molar-refractivity contribution is 0.408. The molecule has 120 valence electrons. The summed E-state index contributed by atoms with van der Waals surface area (Å²) in [6, 6.07) is 0.0941. The van der Waals surface area contributed by atoms with E-state index in [1.807, 2.05) is 6.92 Å². The van der Waals surface area contributed by atoms with Gasteiger partial charge in [0, 0.05) is 25.3 Å². The van der Waals surface area contributed by atoms with Crippen LogP contribution in [0.25, 0.3) is 0 Å². The van der Waals surface area contributed by atoms with Crippen LogP contribution >= 0.6 is 0 Å². The van der Waals surface area contributed by atoms with E-state index in [2.05, 4.69) is 17.3 Å². The van der Waals surface area contributed by atoms with Crippen molar-refractivity contribution in [1.29, 1.82) is 0 Å². The molecule has 1 fully saturated rings. The normalized spacial score (nSPS) is 20.2. The molecule has 0 radical (unpaired) electrons. The monoisotopic (exact) mass is 314 g/mol. The molecule has 2 heterocycles. The molecule has 6 nitrogen and oxygen atoms in total. The molecular formula is C14H26N4O2S. The average molecular weight is 314 g/mol. The Morgan fingerprint density at radius 1 is 1.43 bits per heavy atom. The molecule has 0 aromatic carbocycles. The highest BCUT2D eigenvalue weighted by atomic mass is 32.2. The van der Waals surface area contributed by atoms with Crippen LogP contribution in [0.5, 0.6) is 0 Å². The van der Waals surface area contributed by atoms with E-state index in [4.69, 9.17) is 0 Å². The van der Waals surface area contributed by atoms with Crippen molar-refractivity contribution in [2.75, 3.05) is 19.6 Å². The summed E-state index contributed by atoms with van der Waals surface area (Å²) in [6.07, 6.45) is 7.08. The first kappa shape index (κ1) is 16.5. The maximum Gasteiger partial charge on any atom is 0.246 e. The van der Waals surface area contributed by atoms with E-state index in [1.165, 1.54) is 6.20 Å². The summed E-state index contributed by atoms with van der Waals surface area (Å²) in [6.45, 7) is 7.41. The first-order valence-corrected chi connectivity index (χ1v) is 9.24. The fourth-order valence-electron chi connectivity index (χ4n) is 2.67. The molecule has 0 spiro atoms. The molecule has 1 aromatic heterocycles. The Labute approximate surface area is 127 Å². The molecular weight excluding hydrogens is 288 g/mol. The third kappa shape index (κ3) is 4.05. The Balaban J connectivity index is 1.93. The van der Waals surface area contributed by atoms with Gasteiger partial charge < -0.3 is 5.32 Å². The number of rotatable bonds is 8. The second-order valence-corrected chi connectivity index (χ2v) is 7.54. The van der Waals surface area contributed by atoms with E-state index in [9.17, 15) is 8.42 Å². The SMILES string of the molecule is CCCNCCCn1cc(S(=O)(=O)N2CCCC2C)cn1. The number of aromatic nitrogens is 2. The third-order valence-corrected chi connectivity index (χ3v) is 5.84. The summed E-state index contributed by atoms with van der Waals surface area (Å²) in [5.41, 5.74) is 0. The molecule has 1 aromatic rings. The van der Waals surface area contributed by atoms with Crippen molar-refractivity contribution in [3.63, 3.8) is 0 Å². The van der Waals surface area contributed by atoms with Gasteiger partial charge in [-0.25, -0.2) is 8.42 Å². The molecule has 21 heavy (non-hydrogen) atoms. The van der Waals surface area contributed by atoms with E-state index < -0.39 is 10.0 Å². The zero-order valence-corrected chi connectivity index (χ0v) is 13.8. The molecule has 0 saturated carbocycles. The highest BCUT2D eigenvalue weighted by Gasteiger charge is 2.33. The van der Waals surface area contributed by atoms with E-state index in [0.29, 0.717) is 11.4 Å². The maximum atomic E-state index is 12.5. The molecule has 1 aliphatic heterocycles. The molecule has 1 unspecified atom stereocenters. The quantitative estimate of drug-likeness (QED) is 0.738. The van der Waals surface area contributed by atoms with Gasteiger partial charge in [0.1, 0.15) is 4.90 Å². The molecule has 0 bridgehead atoms. The first-order chi connectivity index (χ1) is 10.1. The largest absolute Gasteiger partial charge is 0.317 e. The van der Waals surface area contributed by atoms with Crippen molar-refractivity contribution in [3.05, 3.63) is 12.4 Å². The predicted octanol–water partition coefficient (Wildman–Crippen LogP) is 1.45. The number of nitrogens with zero attached hydrogens (tertiary/aromatic N) is 3. The topological polar surface area (TPSA) is 67.2 Å². The molecule has 0 amide bonds. The minimum Gasteiger partial charge on any atom is -0.317 e. The van der Waals surface area contributed by atoms with E-state index >= 15 is 0 Å². The van der Waals surface area contributed by atoms with Crippen LogP contribution in [0, 0.1) is 0 Å². The zero-order chi connectivity index (χ0) is 15.3. The van der Waals surface area contributed by atoms with Crippen LogP contribution in [0.1, 0.15) is 39.5 Å². The Bertz CT molecular complexity index is 541. The fraction of sp³-hybridized carbons (Fsp3) is 0.786. The number of hydrogen-bond donors (Lipinski definition) is 1. The average Bonchev–Trinajstić information content (AvgIpc) is 3.08. The minimum absolute atomic E-state index is 0.0941. The van der Waals surface area contributed by atoms with Crippen LogP contribution in [-0.4, -0.2) is 48.2 Å². The Kier molecular flexibility index (Phi) is 5.78. The molecule has 1 atom stereocenters. The lowest BCUT2D eigenvalue weighted by Gasteiger charge is -2.19. The number of sulfonamides is 1. The molecule has 0 aliphatic carbocycles. The van der Waals surface area contributed by atoms with Crippen LogP contribution in [0.4, 0.5) is 0 Å². The predicted molar refractivity (Wildman–Crippen MR) is 82.6 cm³/mol. The molecule has 1 N–H and O–H groups in total. The van der Waals surface area contributed by atoms with Gasteiger partial charge in [-0.15, -0.1) is 0 Å². The van der Waals surface area contributed by atoms with Gasteiger partial charge in [-0.2, -0.15) is 9.40 Å². The van der Waals surface area contributed by atoms with Gasteiger partial charge in [0.15, 0.2) is 0 Å². The van der Waals surface area contributed by atoms with Gasteiger partial charge in [-0.05, 0) is 45.7 Å². The lowest BCUT2D eigenvalue weighted by atomic mass is 10.3. The fourth-order valence-corrected chi connectivity index (χ4v) is 4.32. The molecule has 2 rings (SSSR count). The summed E-state index contributed by atoms with van der Waals surface area (Å²) in [7, 11) is -3.37. The van der Waals surface area contributed by atoms with Crippen molar-refractivity contribution in [3.8, 4) is 0 Å². The van der Waals surface area contributed by atoms with Gasteiger partial charge in [0.2, 0.25) is 10.0 Å². The Hall–Kier alpha value is -0.920. The number of aryl methyl sites for hydroxylation is 1. The van der Waals surface area contributed by atoms with Gasteiger partial charge in [-0.3, -0.25) is 4.68 Å².